The van der Waals surface area contributed by atoms with Gasteiger partial charge in [0.15, 0.2) is 6.61 Å². The van der Waals surface area contributed by atoms with Gasteiger partial charge in [-0.1, -0.05) is 69.0 Å². The molecule has 0 spiro atoms. The van der Waals surface area contributed by atoms with Gasteiger partial charge in [0.1, 0.15) is 29.3 Å². The molecule has 0 saturated carbocycles. The first kappa shape index (κ1) is 48.1. The van der Waals surface area contributed by atoms with Crippen molar-refractivity contribution >= 4 is 27.9 Å². The van der Waals surface area contributed by atoms with Crippen molar-refractivity contribution in [3.63, 3.8) is 0 Å². The Hall–Kier alpha value is -6.35. The molecule has 9 nitrogen and oxygen atoms in total. The van der Waals surface area contributed by atoms with Crippen molar-refractivity contribution in [2.24, 2.45) is 0 Å². The first-order chi connectivity index (χ1) is 30.9. The van der Waals surface area contributed by atoms with Gasteiger partial charge < -0.3 is 27.8 Å². The lowest BCUT2D eigenvalue weighted by Crippen LogP contribution is -2.58. The van der Waals surface area contributed by atoms with Crippen LogP contribution in [-0.2, 0) is 27.1 Å². The summed E-state index contributed by atoms with van der Waals surface area (Å²) in [4.78, 5) is 37.5. The van der Waals surface area contributed by atoms with E-state index in [9.17, 15) is 40.7 Å². The third-order valence-corrected chi connectivity index (χ3v) is 10.8. The van der Waals surface area contributed by atoms with Crippen molar-refractivity contribution in [2.45, 2.75) is 83.2 Å². The zero-order valence-corrected chi connectivity index (χ0v) is 36.0. The van der Waals surface area contributed by atoms with Crippen molar-refractivity contribution in [1.29, 1.82) is 0 Å². The molecule has 0 bridgehead atoms. The van der Waals surface area contributed by atoms with Gasteiger partial charge >= 0.3 is 35.0 Å². The van der Waals surface area contributed by atoms with Gasteiger partial charge in [-0.25, -0.2) is 14.4 Å². The van der Waals surface area contributed by atoms with E-state index < -0.39 is 54.3 Å². The summed E-state index contributed by atoms with van der Waals surface area (Å²) in [5.74, 6) is -17.6. The number of carbonyl (C=O) groups is 1. The number of alkyl halides is 6. The quantitative estimate of drug-likeness (QED) is 0.0216. The van der Waals surface area contributed by atoms with Gasteiger partial charge in [0.05, 0.1) is 30.4 Å². The highest BCUT2D eigenvalue weighted by molar-refractivity contribution is 5.87. The molecule has 2 heterocycles. The molecule has 0 aliphatic heterocycles. The Morgan fingerprint density at radius 1 is 0.631 bits per heavy atom. The van der Waals surface area contributed by atoms with Gasteiger partial charge in [-0.3, -0.25) is 0 Å². The maximum Gasteiger partial charge on any atom is 0.377 e. The number of benzene rings is 4. The molecule has 6 aromatic rings. The number of fused-ring (bicyclic) bond motifs is 2. The average Bonchev–Trinajstić information content (AvgIpc) is 3.29. The van der Waals surface area contributed by atoms with Crippen LogP contribution in [0, 0.1) is 0 Å². The molecule has 6 rings (SSSR count). The monoisotopic (exact) mass is 906 g/mol. The van der Waals surface area contributed by atoms with Crippen LogP contribution in [0.5, 0.6) is 11.5 Å². The van der Waals surface area contributed by atoms with E-state index in [2.05, 4.69) is 11.3 Å². The Bertz CT molecular complexity index is 2610. The lowest BCUT2D eigenvalue weighted by molar-refractivity contribution is -0.328. The summed E-state index contributed by atoms with van der Waals surface area (Å²) in [6.07, 6.45) is 0.501. The number of ether oxygens (including phenoxy) is 4. The smallest absolute Gasteiger partial charge is 0.377 e. The van der Waals surface area contributed by atoms with Gasteiger partial charge in [0.25, 0.3) is 0 Å². The number of esters is 1. The summed E-state index contributed by atoms with van der Waals surface area (Å²) in [5.41, 5.74) is 3.37. The maximum atomic E-state index is 15.0. The molecule has 0 saturated heterocycles. The van der Waals surface area contributed by atoms with Gasteiger partial charge in [-0.15, -0.1) is 0 Å². The van der Waals surface area contributed by atoms with Crippen LogP contribution in [0.25, 0.3) is 44.2 Å². The molecule has 344 valence electrons. The molecule has 0 aliphatic carbocycles. The molecule has 2 aromatic heterocycles. The molecular weight excluding hydrogens is 859 g/mol. The SMILES string of the molecule is C=C(C)C(=O)OCC(F)(F)C(F)(F)C(F)(F)COC(CCCOc1ccc2cc(-c3ccccc3CC)c(=O)oc2c1)CCCOc1ccc2cc(-c3ccccc3CC)c(=O)oc2c1. The molecule has 15 heteroatoms. The summed E-state index contributed by atoms with van der Waals surface area (Å²) < 4.78 is 121. The van der Waals surface area contributed by atoms with E-state index in [0.29, 0.717) is 46.2 Å². The second-order valence-corrected chi connectivity index (χ2v) is 15.6. The molecule has 0 aliphatic rings. The molecule has 0 fully saturated rings. The molecule has 0 unspecified atom stereocenters. The van der Waals surface area contributed by atoms with E-state index in [1.165, 1.54) is 12.1 Å². The Morgan fingerprint density at radius 3 is 1.52 bits per heavy atom. The lowest BCUT2D eigenvalue weighted by Gasteiger charge is -2.33. The molecule has 0 N–H and O–H groups in total. The number of aryl methyl sites for hydroxylation is 2. The zero-order chi connectivity index (χ0) is 46.9. The highest BCUT2D eigenvalue weighted by atomic mass is 19.3. The molecule has 0 amide bonds. The number of halogens is 6. The van der Waals surface area contributed by atoms with Crippen LogP contribution in [0.1, 0.15) is 57.6 Å². The Balaban J connectivity index is 1.11. The van der Waals surface area contributed by atoms with Crippen molar-refractivity contribution in [3.8, 4) is 33.8 Å². The normalized spacial score (nSPS) is 12.2. The van der Waals surface area contributed by atoms with Crippen LogP contribution in [0.4, 0.5) is 26.3 Å². The van der Waals surface area contributed by atoms with E-state index in [1.54, 1.807) is 36.4 Å². The van der Waals surface area contributed by atoms with Crippen LogP contribution >= 0.6 is 0 Å². The highest BCUT2D eigenvalue weighted by Gasteiger charge is 2.72. The molecule has 65 heavy (non-hydrogen) atoms. The van der Waals surface area contributed by atoms with E-state index in [0.717, 1.165) is 29.2 Å². The standard InChI is InChI=1S/C50H48F6O9/c1-5-32-13-7-9-17-39(32)41-25-34-19-21-37(27-43(34)64-46(41)58)60-23-11-15-36(62-29-48(51,52)50(55,56)49(53,54)30-63-45(57)31(3)4)16-12-24-61-38-22-20-35-26-42(47(59)65-44(35)28-38)40-18-10-8-14-33(40)6-2/h7-10,13-14,17-22,25-28,36H,3,5-6,11-12,15-16,23-24,29-30H2,1-2,4H3. The van der Waals surface area contributed by atoms with Gasteiger partial charge in [-0.2, -0.15) is 26.3 Å². The number of hydrogen-bond acceptors (Lipinski definition) is 9. The topological polar surface area (TPSA) is 114 Å². The third kappa shape index (κ3) is 11.3. The fourth-order valence-corrected chi connectivity index (χ4v) is 7.18. The van der Waals surface area contributed by atoms with Crippen molar-refractivity contribution < 1.29 is 58.9 Å². The van der Waals surface area contributed by atoms with Gasteiger partial charge in [-0.05, 0) is 104 Å². The summed E-state index contributed by atoms with van der Waals surface area (Å²) >= 11 is 0. The second-order valence-electron chi connectivity index (χ2n) is 15.6. The van der Waals surface area contributed by atoms with Gasteiger partial charge in [0, 0.05) is 28.5 Å². The fraction of sp³-hybridized carbons (Fsp3) is 0.340. The Kier molecular flexibility index (Phi) is 15.3. The van der Waals surface area contributed by atoms with Crippen LogP contribution in [-0.4, -0.2) is 56.3 Å². The number of rotatable bonds is 22. The van der Waals surface area contributed by atoms with E-state index in [1.807, 2.05) is 62.4 Å². The lowest BCUT2D eigenvalue weighted by atomic mass is 9.98. The molecule has 0 atom stereocenters. The molecular formula is C50H48F6O9. The van der Waals surface area contributed by atoms with E-state index >= 15 is 0 Å². The van der Waals surface area contributed by atoms with Gasteiger partial charge in [0.2, 0.25) is 0 Å². The van der Waals surface area contributed by atoms with Crippen molar-refractivity contribution in [3.05, 3.63) is 141 Å². The van der Waals surface area contributed by atoms with E-state index in [-0.39, 0.29) is 55.6 Å². The van der Waals surface area contributed by atoms with Crippen LogP contribution < -0.4 is 20.7 Å². The van der Waals surface area contributed by atoms with E-state index in [4.69, 9.17) is 23.0 Å². The second kappa shape index (κ2) is 20.7. The maximum absolute atomic E-state index is 15.0. The first-order valence-corrected chi connectivity index (χ1v) is 21.1. The number of carbonyl (C=O) groups excluding carboxylic acids is 1. The predicted octanol–water partition coefficient (Wildman–Crippen LogP) is 11.8. The minimum absolute atomic E-state index is 0.0131. The number of hydrogen-bond donors (Lipinski definition) is 0. The van der Waals surface area contributed by atoms with Crippen molar-refractivity contribution in [2.75, 3.05) is 26.4 Å². The predicted molar refractivity (Wildman–Crippen MR) is 234 cm³/mol. The van der Waals surface area contributed by atoms with Crippen LogP contribution in [0.15, 0.2) is 128 Å². The summed E-state index contributed by atoms with van der Waals surface area (Å²) in [6, 6.07) is 28.3. The largest absolute Gasteiger partial charge is 0.493 e. The summed E-state index contributed by atoms with van der Waals surface area (Å²) in [7, 11) is 0. The Labute approximate surface area is 370 Å². The zero-order valence-electron chi connectivity index (χ0n) is 36.0. The fourth-order valence-electron chi connectivity index (χ4n) is 7.18. The van der Waals surface area contributed by atoms with Crippen molar-refractivity contribution in [1.82, 2.24) is 0 Å². The summed E-state index contributed by atoms with van der Waals surface area (Å²) in [6.45, 7) is 3.78. The average molecular weight is 907 g/mol. The minimum Gasteiger partial charge on any atom is -0.493 e. The third-order valence-electron chi connectivity index (χ3n) is 10.8. The molecule has 4 aromatic carbocycles. The highest BCUT2D eigenvalue weighted by Crippen LogP contribution is 2.46. The van der Waals surface area contributed by atoms with Crippen LogP contribution in [0.3, 0.4) is 0 Å². The molecule has 0 radical (unpaired) electrons. The Morgan fingerprint density at radius 2 is 1.08 bits per heavy atom. The minimum atomic E-state index is -5.97. The summed E-state index contributed by atoms with van der Waals surface area (Å²) in [5, 5.41) is 1.28. The first-order valence-electron chi connectivity index (χ1n) is 21.1. The van der Waals surface area contributed by atoms with Crippen LogP contribution in [0.2, 0.25) is 0 Å².